The number of nitrogens with zero attached hydrogens (tertiary/aromatic N) is 2. The largest absolute Gasteiger partial charge is 0.361 e. The second-order valence-electron chi connectivity index (χ2n) is 4.95. The van der Waals surface area contributed by atoms with Gasteiger partial charge in [0.2, 0.25) is 5.95 Å². The molecule has 1 fully saturated rings. The molecule has 0 saturated carbocycles. The molecule has 1 aliphatic heterocycles. The maximum absolute atomic E-state index is 13.7. The van der Waals surface area contributed by atoms with Crippen molar-refractivity contribution in [1.82, 2.24) is 9.97 Å². The molecule has 1 atom stereocenters. The van der Waals surface area contributed by atoms with Crippen LogP contribution >= 0.6 is 0 Å². The van der Waals surface area contributed by atoms with E-state index in [0.29, 0.717) is 18.9 Å². The minimum atomic E-state index is -3.05. The van der Waals surface area contributed by atoms with E-state index in [0.717, 1.165) is 6.20 Å². The molecule has 1 aromatic rings. The lowest BCUT2D eigenvalue weighted by Crippen LogP contribution is -2.36. The molecular formula is C11H17FN4O2S. The SMILES string of the molecule is CCNc1ncc(F)c(NC2(C)CCS(=O)(=O)C2)n1. The normalized spacial score (nSPS) is 25.2. The van der Waals surface area contributed by atoms with Gasteiger partial charge in [0.25, 0.3) is 0 Å². The molecule has 0 amide bonds. The molecule has 0 aromatic carbocycles. The number of halogens is 1. The van der Waals surface area contributed by atoms with E-state index in [1.54, 1.807) is 6.92 Å². The van der Waals surface area contributed by atoms with Crippen LogP contribution in [0.5, 0.6) is 0 Å². The third-order valence-corrected chi connectivity index (χ3v) is 4.91. The standard InChI is InChI=1S/C11H17FN4O2S/c1-3-13-10-14-6-8(12)9(15-10)16-11(2)4-5-19(17,18)7-11/h6H,3-5,7H2,1-2H3,(H2,13,14,15,16). The quantitative estimate of drug-likeness (QED) is 0.861. The lowest BCUT2D eigenvalue weighted by molar-refractivity contribution is 0.555. The summed E-state index contributed by atoms with van der Waals surface area (Å²) in [5.74, 6) is -0.142. The Morgan fingerprint density at radius 1 is 1.53 bits per heavy atom. The molecule has 6 nitrogen and oxygen atoms in total. The first-order chi connectivity index (χ1) is 8.84. The predicted molar refractivity (Wildman–Crippen MR) is 71.5 cm³/mol. The summed E-state index contributed by atoms with van der Waals surface area (Å²) < 4.78 is 36.7. The van der Waals surface area contributed by atoms with Gasteiger partial charge in [0.15, 0.2) is 21.5 Å². The Morgan fingerprint density at radius 3 is 2.84 bits per heavy atom. The van der Waals surface area contributed by atoms with Crippen LogP contribution in [0, 0.1) is 5.82 Å². The molecule has 0 aliphatic carbocycles. The highest BCUT2D eigenvalue weighted by molar-refractivity contribution is 7.91. The van der Waals surface area contributed by atoms with Crippen molar-refractivity contribution in [2.45, 2.75) is 25.8 Å². The number of aromatic nitrogens is 2. The minimum absolute atomic E-state index is 0.0139. The van der Waals surface area contributed by atoms with Crippen molar-refractivity contribution >= 4 is 21.6 Å². The van der Waals surface area contributed by atoms with E-state index in [1.165, 1.54) is 0 Å². The monoisotopic (exact) mass is 288 g/mol. The minimum Gasteiger partial charge on any atom is -0.361 e. The van der Waals surface area contributed by atoms with Gasteiger partial charge in [0.05, 0.1) is 23.2 Å². The van der Waals surface area contributed by atoms with Gasteiger partial charge >= 0.3 is 0 Å². The molecule has 0 bridgehead atoms. The van der Waals surface area contributed by atoms with Crippen molar-refractivity contribution in [3.63, 3.8) is 0 Å². The van der Waals surface area contributed by atoms with Crippen LogP contribution in [0.25, 0.3) is 0 Å². The summed E-state index contributed by atoms with van der Waals surface area (Å²) in [5.41, 5.74) is -0.683. The van der Waals surface area contributed by atoms with Gasteiger partial charge in [-0.15, -0.1) is 0 Å². The molecule has 0 radical (unpaired) electrons. The highest BCUT2D eigenvalue weighted by Gasteiger charge is 2.39. The molecular weight excluding hydrogens is 271 g/mol. The van der Waals surface area contributed by atoms with Crippen molar-refractivity contribution in [2.24, 2.45) is 0 Å². The molecule has 1 aliphatic rings. The van der Waals surface area contributed by atoms with Crippen LogP contribution < -0.4 is 10.6 Å². The topological polar surface area (TPSA) is 84.0 Å². The van der Waals surface area contributed by atoms with Gasteiger partial charge in [-0.1, -0.05) is 0 Å². The van der Waals surface area contributed by atoms with Gasteiger partial charge in [0, 0.05) is 6.54 Å². The fourth-order valence-electron chi connectivity index (χ4n) is 2.09. The number of hydrogen-bond acceptors (Lipinski definition) is 6. The van der Waals surface area contributed by atoms with Gasteiger partial charge in [-0.3, -0.25) is 0 Å². The lowest BCUT2D eigenvalue weighted by atomic mass is 10.0. The number of nitrogens with one attached hydrogen (secondary N) is 2. The molecule has 19 heavy (non-hydrogen) atoms. The summed E-state index contributed by atoms with van der Waals surface area (Å²) >= 11 is 0. The molecule has 1 saturated heterocycles. The first-order valence-electron chi connectivity index (χ1n) is 6.09. The zero-order valence-corrected chi connectivity index (χ0v) is 11.7. The molecule has 1 aromatic heterocycles. The molecule has 2 heterocycles. The second-order valence-corrected chi connectivity index (χ2v) is 7.13. The molecule has 0 spiro atoms. The number of sulfone groups is 1. The fraction of sp³-hybridized carbons (Fsp3) is 0.636. The summed E-state index contributed by atoms with van der Waals surface area (Å²) in [7, 11) is -3.05. The van der Waals surface area contributed by atoms with Crippen molar-refractivity contribution in [2.75, 3.05) is 28.7 Å². The average molecular weight is 288 g/mol. The van der Waals surface area contributed by atoms with Gasteiger partial charge in [-0.2, -0.15) is 4.98 Å². The van der Waals surface area contributed by atoms with Crippen LogP contribution in [0.15, 0.2) is 6.20 Å². The number of hydrogen-bond donors (Lipinski definition) is 2. The lowest BCUT2D eigenvalue weighted by Gasteiger charge is -2.24. The van der Waals surface area contributed by atoms with Crippen LogP contribution in [0.3, 0.4) is 0 Å². The van der Waals surface area contributed by atoms with Crippen molar-refractivity contribution in [3.8, 4) is 0 Å². The van der Waals surface area contributed by atoms with E-state index < -0.39 is 21.2 Å². The molecule has 2 N–H and O–H groups in total. The predicted octanol–water partition coefficient (Wildman–Crippen LogP) is 1.04. The van der Waals surface area contributed by atoms with Crippen molar-refractivity contribution in [1.29, 1.82) is 0 Å². The van der Waals surface area contributed by atoms with E-state index >= 15 is 0 Å². The first kappa shape index (κ1) is 14.0. The van der Waals surface area contributed by atoms with Crippen LogP contribution in [-0.4, -0.2) is 42.0 Å². The van der Waals surface area contributed by atoms with E-state index in [4.69, 9.17) is 0 Å². The molecule has 106 valence electrons. The Labute approximate surface area is 111 Å². The van der Waals surface area contributed by atoms with Crippen LogP contribution in [-0.2, 0) is 9.84 Å². The van der Waals surface area contributed by atoms with E-state index in [-0.39, 0.29) is 17.3 Å². The Bertz CT molecular complexity index is 578. The van der Waals surface area contributed by atoms with Gasteiger partial charge in [0.1, 0.15) is 0 Å². The smallest absolute Gasteiger partial charge is 0.224 e. The zero-order chi connectivity index (χ0) is 14.1. The summed E-state index contributed by atoms with van der Waals surface area (Å²) in [5, 5.41) is 5.78. The molecule has 2 rings (SSSR count). The Kier molecular flexibility index (Phi) is 3.62. The van der Waals surface area contributed by atoms with Gasteiger partial charge in [-0.25, -0.2) is 17.8 Å². The first-order valence-corrected chi connectivity index (χ1v) is 7.91. The van der Waals surface area contributed by atoms with Gasteiger partial charge < -0.3 is 10.6 Å². The van der Waals surface area contributed by atoms with Crippen LogP contribution in [0.1, 0.15) is 20.3 Å². The number of anilines is 2. The van der Waals surface area contributed by atoms with E-state index in [9.17, 15) is 12.8 Å². The maximum atomic E-state index is 13.7. The third kappa shape index (κ3) is 3.31. The summed E-state index contributed by atoms with van der Waals surface area (Å²) in [6.45, 7) is 4.26. The second kappa shape index (κ2) is 4.92. The maximum Gasteiger partial charge on any atom is 0.224 e. The Hall–Kier alpha value is -1.44. The molecule has 1 unspecified atom stereocenters. The Balaban J connectivity index is 2.21. The average Bonchev–Trinajstić information content (AvgIpc) is 2.58. The number of rotatable bonds is 4. The molecule has 8 heteroatoms. The Morgan fingerprint density at radius 2 is 2.26 bits per heavy atom. The van der Waals surface area contributed by atoms with Crippen molar-refractivity contribution < 1.29 is 12.8 Å². The highest BCUT2D eigenvalue weighted by Crippen LogP contribution is 2.27. The van der Waals surface area contributed by atoms with E-state index in [2.05, 4.69) is 20.6 Å². The third-order valence-electron chi connectivity index (χ3n) is 3.00. The van der Waals surface area contributed by atoms with Crippen LogP contribution in [0.2, 0.25) is 0 Å². The summed E-state index contributed by atoms with van der Waals surface area (Å²) in [6, 6.07) is 0. The van der Waals surface area contributed by atoms with Gasteiger partial charge in [-0.05, 0) is 20.3 Å². The fourth-order valence-corrected chi connectivity index (χ4v) is 4.19. The summed E-state index contributed by atoms with van der Waals surface area (Å²) in [4.78, 5) is 7.81. The zero-order valence-electron chi connectivity index (χ0n) is 10.9. The van der Waals surface area contributed by atoms with Crippen molar-refractivity contribution in [3.05, 3.63) is 12.0 Å². The summed E-state index contributed by atoms with van der Waals surface area (Å²) in [6.07, 6.45) is 1.51. The van der Waals surface area contributed by atoms with Crippen LogP contribution in [0.4, 0.5) is 16.2 Å². The highest BCUT2D eigenvalue weighted by atomic mass is 32.2. The van der Waals surface area contributed by atoms with E-state index in [1.807, 2.05) is 6.92 Å².